The topological polar surface area (TPSA) is 70.6 Å². The van der Waals surface area contributed by atoms with E-state index < -0.39 is 0 Å². The number of rotatable bonds is 2. The highest BCUT2D eigenvalue weighted by atomic mass is 15.3. The summed E-state index contributed by atoms with van der Waals surface area (Å²) in [6.07, 6.45) is 7.93. The molecule has 0 saturated carbocycles. The van der Waals surface area contributed by atoms with Crippen molar-refractivity contribution < 1.29 is 0 Å². The van der Waals surface area contributed by atoms with E-state index in [1.165, 1.54) is 0 Å². The lowest BCUT2D eigenvalue weighted by molar-refractivity contribution is 0.403. The van der Waals surface area contributed by atoms with Gasteiger partial charge in [0.1, 0.15) is 6.07 Å². The van der Waals surface area contributed by atoms with Crippen LogP contribution < -0.4 is 4.90 Å². The van der Waals surface area contributed by atoms with Crippen LogP contribution in [0.3, 0.4) is 0 Å². The fourth-order valence-electron chi connectivity index (χ4n) is 2.45. The summed E-state index contributed by atoms with van der Waals surface area (Å²) in [7, 11) is 0. The van der Waals surface area contributed by atoms with Gasteiger partial charge in [0.15, 0.2) is 11.5 Å². The molecule has 6 nitrogen and oxygen atoms in total. The van der Waals surface area contributed by atoms with Gasteiger partial charge in [-0.3, -0.25) is 0 Å². The van der Waals surface area contributed by atoms with Gasteiger partial charge in [-0.1, -0.05) is 0 Å². The molecule has 0 N–H and O–H groups in total. The molecule has 96 valence electrons. The standard InChI is InChI=1S/C13H14N6/c14-8-11-3-4-13(17-16-11)18-6-1-2-12(9-18)19-7-5-15-10-19/h3-5,7,10,12H,1-2,6,9H2. The number of aromatic nitrogens is 4. The Hall–Kier alpha value is -2.42. The van der Waals surface area contributed by atoms with Gasteiger partial charge in [0.2, 0.25) is 0 Å². The molecule has 1 fully saturated rings. The Kier molecular flexibility index (Phi) is 3.11. The Labute approximate surface area is 111 Å². The molecule has 1 aliphatic heterocycles. The second-order valence-corrected chi connectivity index (χ2v) is 4.64. The van der Waals surface area contributed by atoms with E-state index in [9.17, 15) is 0 Å². The second kappa shape index (κ2) is 5.06. The lowest BCUT2D eigenvalue weighted by Gasteiger charge is -2.33. The normalized spacial score (nSPS) is 19.1. The van der Waals surface area contributed by atoms with Gasteiger partial charge < -0.3 is 9.47 Å². The lowest BCUT2D eigenvalue weighted by Crippen LogP contribution is -2.36. The average molecular weight is 254 g/mol. The van der Waals surface area contributed by atoms with Crippen molar-refractivity contribution in [1.29, 1.82) is 5.26 Å². The summed E-state index contributed by atoms with van der Waals surface area (Å²) >= 11 is 0. The first-order valence-corrected chi connectivity index (χ1v) is 6.33. The summed E-state index contributed by atoms with van der Waals surface area (Å²) in [6, 6.07) is 5.98. The van der Waals surface area contributed by atoms with E-state index in [1.54, 1.807) is 12.3 Å². The SMILES string of the molecule is N#Cc1ccc(N2CCCC(n3ccnc3)C2)nn1. The zero-order valence-electron chi connectivity index (χ0n) is 10.5. The van der Waals surface area contributed by atoms with E-state index in [-0.39, 0.29) is 0 Å². The Morgan fingerprint density at radius 3 is 2.95 bits per heavy atom. The number of imidazole rings is 1. The summed E-state index contributed by atoms with van der Waals surface area (Å²) in [4.78, 5) is 6.31. The van der Waals surface area contributed by atoms with Gasteiger partial charge >= 0.3 is 0 Å². The maximum atomic E-state index is 8.73. The fraction of sp³-hybridized carbons (Fsp3) is 0.385. The molecule has 19 heavy (non-hydrogen) atoms. The molecular weight excluding hydrogens is 240 g/mol. The number of anilines is 1. The number of hydrogen-bond acceptors (Lipinski definition) is 5. The number of hydrogen-bond donors (Lipinski definition) is 0. The van der Waals surface area contributed by atoms with Crippen LogP contribution in [0.1, 0.15) is 24.6 Å². The highest BCUT2D eigenvalue weighted by Gasteiger charge is 2.22. The molecule has 1 saturated heterocycles. The Morgan fingerprint density at radius 2 is 2.26 bits per heavy atom. The number of nitrogens with zero attached hydrogens (tertiary/aromatic N) is 6. The number of nitriles is 1. The third-order valence-corrected chi connectivity index (χ3v) is 3.43. The van der Waals surface area contributed by atoms with Crippen molar-refractivity contribution in [2.45, 2.75) is 18.9 Å². The van der Waals surface area contributed by atoms with Gasteiger partial charge in [0, 0.05) is 25.5 Å². The van der Waals surface area contributed by atoms with Crippen LogP contribution in [0.2, 0.25) is 0 Å². The molecule has 0 aliphatic carbocycles. The van der Waals surface area contributed by atoms with E-state index in [0.717, 1.165) is 31.7 Å². The molecule has 0 aromatic carbocycles. The second-order valence-electron chi connectivity index (χ2n) is 4.64. The van der Waals surface area contributed by atoms with Crippen LogP contribution in [-0.2, 0) is 0 Å². The van der Waals surface area contributed by atoms with Gasteiger partial charge in [-0.25, -0.2) is 4.98 Å². The van der Waals surface area contributed by atoms with E-state index in [4.69, 9.17) is 5.26 Å². The minimum absolute atomic E-state index is 0.354. The molecule has 3 heterocycles. The minimum atomic E-state index is 0.354. The Morgan fingerprint density at radius 1 is 1.32 bits per heavy atom. The molecule has 2 aromatic rings. The highest BCUT2D eigenvalue weighted by molar-refractivity contribution is 5.39. The first-order valence-electron chi connectivity index (χ1n) is 6.33. The van der Waals surface area contributed by atoms with Crippen LogP contribution in [0.25, 0.3) is 0 Å². The van der Waals surface area contributed by atoms with Crippen LogP contribution in [0, 0.1) is 11.3 Å². The van der Waals surface area contributed by atoms with Crippen molar-refractivity contribution in [2.24, 2.45) is 0 Å². The monoisotopic (exact) mass is 254 g/mol. The molecule has 0 bridgehead atoms. The van der Waals surface area contributed by atoms with Gasteiger partial charge in [0.25, 0.3) is 0 Å². The minimum Gasteiger partial charge on any atom is -0.353 e. The zero-order valence-corrected chi connectivity index (χ0v) is 10.5. The Balaban J connectivity index is 1.76. The van der Waals surface area contributed by atoms with E-state index in [2.05, 4.69) is 24.6 Å². The molecule has 0 spiro atoms. The first-order chi connectivity index (χ1) is 9.36. The van der Waals surface area contributed by atoms with E-state index in [1.807, 2.05) is 24.7 Å². The van der Waals surface area contributed by atoms with Crippen LogP contribution >= 0.6 is 0 Å². The van der Waals surface area contributed by atoms with Crippen LogP contribution in [-0.4, -0.2) is 32.8 Å². The zero-order chi connectivity index (χ0) is 13.1. The quantitative estimate of drug-likeness (QED) is 0.809. The van der Waals surface area contributed by atoms with Crippen molar-refractivity contribution >= 4 is 5.82 Å². The molecule has 0 amide bonds. The largest absolute Gasteiger partial charge is 0.353 e. The summed E-state index contributed by atoms with van der Waals surface area (Å²) in [5.41, 5.74) is 0.354. The van der Waals surface area contributed by atoms with E-state index >= 15 is 0 Å². The van der Waals surface area contributed by atoms with Crippen molar-refractivity contribution in [3.63, 3.8) is 0 Å². The van der Waals surface area contributed by atoms with Gasteiger partial charge in [0.05, 0.1) is 12.4 Å². The molecule has 1 unspecified atom stereocenters. The summed E-state index contributed by atoms with van der Waals surface area (Å²) in [6.45, 7) is 1.88. The van der Waals surface area contributed by atoms with Crippen molar-refractivity contribution in [1.82, 2.24) is 19.7 Å². The first kappa shape index (κ1) is 11.7. The summed E-state index contributed by atoms with van der Waals surface area (Å²) < 4.78 is 2.14. The van der Waals surface area contributed by atoms with Gasteiger partial charge in [-0.05, 0) is 25.0 Å². The van der Waals surface area contributed by atoms with Crippen LogP contribution in [0.4, 0.5) is 5.82 Å². The Bertz CT molecular complexity index is 568. The van der Waals surface area contributed by atoms with Crippen LogP contribution in [0.15, 0.2) is 30.9 Å². The predicted molar refractivity (Wildman–Crippen MR) is 69.5 cm³/mol. The maximum Gasteiger partial charge on any atom is 0.163 e. The average Bonchev–Trinajstić information content (AvgIpc) is 3.02. The smallest absolute Gasteiger partial charge is 0.163 e. The summed E-state index contributed by atoms with van der Waals surface area (Å²) in [5.74, 6) is 0.837. The molecule has 3 rings (SSSR count). The molecule has 6 heteroatoms. The third kappa shape index (κ3) is 2.40. The molecule has 0 radical (unpaired) electrons. The van der Waals surface area contributed by atoms with Gasteiger partial charge in [-0.15, -0.1) is 10.2 Å². The molecule has 2 aromatic heterocycles. The third-order valence-electron chi connectivity index (χ3n) is 3.43. The van der Waals surface area contributed by atoms with Gasteiger partial charge in [-0.2, -0.15) is 5.26 Å². The lowest BCUT2D eigenvalue weighted by atomic mass is 10.1. The van der Waals surface area contributed by atoms with E-state index in [0.29, 0.717) is 11.7 Å². The van der Waals surface area contributed by atoms with Crippen molar-refractivity contribution in [3.8, 4) is 6.07 Å². The number of piperidine rings is 1. The highest BCUT2D eigenvalue weighted by Crippen LogP contribution is 2.24. The molecule has 1 atom stereocenters. The fourth-order valence-corrected chi connectivity index (χ4v) is 2.45. The predicted octanol–water partition coefficient (Wildman–Crippen LogP) is 1.39. The van der Waals surface area contributed by atoms with Crippen molar-refractivity contribution in [3.05, 3.63) is 36.5 Å². The van der Waals surface area contributed by atoms with Crippen LogP contribution in [0.5, 0.6) is 0 Å². The maximum absolute atomic E-state index is 8.73. The molecular formula is C13H14N6. The molecule has 1 aliphatic rings. The summed E-state index contributed by atoms with van der Waals surface area (Å²) in [5, 5.41) is 16.7. The van der Waals surface area contributed by atoms with Crippen molar-refractivity contribution in [2.75, 3.05) is 18.0 Å².